The van der Waals surface area contributed by atoms with Gasteiger partial charge in [0.2, 0.25) is 0 Å². The van der Waals surface area contributed by atoms with Crippen LogP contribution < -0.4 is 0 Å². The number of esters is 2. The molecule has 1 aliphatic heterocycles. The molecule has 1 aromatic rings. The first-order valence-electron chi connectivity index (χ1n) is 13.1. The topological polar surface area (TPSA) is 140 Å². The third kappa shape index (κ3) is 3.62. The highest BCUT2D eigenvalue weighted by atomic mass is 16.6. The zero-order valence-corrected chi connectivity index (χ0v) is 22.3. The van der Waals surface area contributed by atoms with Gasteiger partial charge < -0.3 is 29.5 Å². The lowest BCUT2D eigenvalue weighted by atomic mass is 9.46. The molecule has 4 aliphatic rings. The van der Waals surface area contributed by atoms with Gasteiger partial charge in [0.25, 0.3) is 0 Å². The lowest BCUT2D eigenvalue weighted by Gasteiger charge is -2.65. The Hall–Kier alpha value is -2.59. The summed E-state index contributed by atoms with van der Waals surface area (Å²) in [5.74, 6) is -3.54. The fraction of sp³-hybridized carbons (Fsp3) is 0.621. The Labute approximate surface area is 221 Å². The summed E-state index contributed by atoms with van der Waals surface area (Å²) >= 11 is 0. The first-order chi connectivity index (χ1) is 17.8. The van der Waals surface area contributed by atoms with E-state index in [9.17, 15) is 29.7 Å². The van der Waals surface area contributed by atoms with E-state index in [0.29, 0.717) is 16.7 Å². The number of aliphatic hydroxyl groups excluding tert-OH is 3. The predicted molar refractivity (Wildman–Crippen MR) is 134 cm³/mol. The third-order valence-corrected chi connectivity index (χ3v) is 9.74. The molecule has 1 heterocycles. The number of benzene rings is 1. The predicted octanol–water partition coefficient (Wildman–Crippen LogP) is 1.97. The molecule has 2 unspecified atom stereocenters. The van der Waals surface area contributed by atoms with Crippen LogP contribution in [0, 0.1) is 22.7 Å². The molecular weight excluding hydrogens is 492 g/mol. The van der Waals surface area contributed by atoms with Crippen molar-refractivity contribution in [3.05, 3.63) is 47.0 Å². The number of hydrogen-bond donors (Lipinski definition) is 3. The van der Waals surface area contributed by atoms with Gasteiger partial charge in [-0.3, -0.25) is 9.59 Å². The normalized spacial score (nSPS) is 41.6. The Morgan fingerprint density at radius 2 is 1.71 bits per heavy atom. The largest absolute Gasteiger partial charge is 0.458 e. The number of carbonyl (C=O) groups excluding carboxylic acids is 3. The van der Waals surface area contributed by atoms with E-state index in [1.165, 1.54) is 6.92 Å². The minimum absolute atomic E-state index is 0.00675. The van der Waals surface area contributed by atoms with E-state index < -0.39 is 76.5 Å². The number of carbonyl (C=O) groups is 3. The Morgan fingerprint density at radius 1 is 1.05 bits per heavy atom. The van der Waals surface area contributed by atoms with E-state index in [1.807, 2.05) is 13.8 Å². The SMILES string of the molecule is CC(=O)O[C@@]12CO[C@@H]1C[C@H](O)[C@@]1(C)C(=O)[C@H](O)C3=C(C)[C@@H](O)CC([C@@H](OC(=O)c4ccccc4)C12)C3(C)C. The fourth-order valence-electron chi connectivity index (χ4n) is 7.73. The van der Waals surface area contributed by atoms with Gasteiger partial charge in [0.15, 0.2) is 11.4 Å². The highest BCUT2D eigenvalue weighted by molar-refractivity contribution is 5.93. The van der Waals surface area contributed by atoms with Crippen LogP contribution in [0.2, 0.25) is 0 Å². The average molecular weight is 529 g/mol. The summed E-state index contributed by atoms with van der Waals surface area (Å²) in [7, 11) is 0. The van der Waals surface area contributed by atoms with Crippen molar-refractivity contribution in [3.63, 3.8) is 0 Å². The molecule has 1 aromatic carbocycles. The van der Waals surface area contributed by atoms with Crippen molar-refractivity contribution in [2.75, 3.05) is 6.61 Å². The summed E-state index contributed by atoms with van der Waals surface area (Å²) < 4.78 is 18.0. The molecule has 0 radical (unpaired) electrons. The molecule has 5 rings (SSSR count). The van der Waals surface area contributed by atoms with Gasteiger partial charge >= 0.3 is 11.9 Å². The standard InChI is InChI=1S/C29H36O9/c1-14-18(31)11-17-23(37-26(35)16-9-7-6-8-10-16)24-28(5,25(34)22(33)21(14)27(17,3)4)19(32)12-20-29(24,13-36-20)38-15(2)30/h6-10,17-20,22-24,31-33H,11-13H2,1-5H3/t17?,18-,19-,20+,22+,23+,24?,28+,29-/m0/s1. The molecule has 9 heteroatoms. The number of Topliss-reactive ketones (excluding diaryl/α,β-unsaturated/α-hetero) is 1. The quantitative estimate of drug-likeness (QED) is 0.397. The minimum atomic E-state index is -1.65. The van der Waals surface area contributed by atoms with Crippen molar-refractivity contribution in [2.24, 2.45) is 22.7 Å². The van der Waals surface area contributed by atoms with Crippen molar-refractivity contribution in [2.45, 2.75) is 83.6 Å². The number of fused-ring (bicyclic) bond motifs is 5. The summed E-state index contributed by atoms with van der Waals surface area (Å²) in [5.41, 5.74) is -2.76. The number of rotatable bonds is 3. The Balaban J connectivity index is 1.77. The van der Waals surface area contributed by atoms with Gasteiger partial charge in [-0.25, -0.2) is 4.79 Å². The molecule has 38 heavy (non-hydrogen) atoms. The van der Waals surface area contributed by atoms with Crippen LogP contribution in [-0.2, 0) is 23.8 Å². The highest BCUT2D eigenvalue weighted by Gasteiger charge is 2.75. The minimum Gasteiger partial charge on any atom is -0.458 e. The van der Waals surface area contributed by atoms with Gasteiger partial charge in [-0.15, -0.1) is 0 Å². The van der Waals surface area contributed by atoms with Crippen LogP contribution in [-0.4, -0.2) is 75.8 Å². The second-order valence-corrected chi connectivity index (χ2v) is 12.0. The smallest absolute Gasteiger partial charge is 0.338 e. The second kappa shape index (κ2) is 8.98. The molecule has 9 atom stereocenters. The molecule has 1 saturated heterocycles. The number of hydrogen-bond acceptors (Lipinski definition) is 9. The summed E-state index contributed by atoms with van der Waals surface area (Å²) in [6.07, 6.45) is -5.48. The molecule has 0 aromatic heterocycles. The van der Waals surface area contributed by atoms with Crippen LogP contribution in [0.25, 0.3) is 0 Å². The van der Waals surface area contributed by atoms with Gasteiger partial charge in [0.1, 0.15) is 18.3 Å². The zero-order chi connectivity index (χ0) is 27.8. The van der Waals surface area contributed by atoms with Crippen LogP contribution in [0.15, 0.2) is 41.5 Å². The van der Waals surface area contributed by atoms with Crippen molar-refractivity contribution < 1.29 is 43.9 Å². The maximum atomic E-state index is 14.3. The van der Waals surface area contributed by atoms with Gasteiger partial charge in [0, 0.05) is 19.3 Å². The first kappa shape index (κ1) is 27.0. The number of ether oxygens (including phenoxy) is 3. The maximum Gasteiger partial charge on any atom is 0.338 e. The van der Waals surface area contributed by atoms with E-state index in [4.69, 9.17) is 14.2 Å². The molecule has 206 valence electrons. The molecule has 3 N–H and O–H groups in total. The molecule has 2 saturated carbocycles. The summed E-state index contributed by atoms with van der Waals surface area (Å²) in [4.78, 5) is 40.2. The highest BCUT2D eigenvalue weighted by Crippen LogP contribution is 2.62. The van der Waals surface area contributed by atoms with Crippen molar-refractivity contribution >= 4 is 17.7 Å². The Kier molecular flexibility index (Phi) is 6.38. The Morgan fingerprint density at radius 3 is 2.29 bits per heavy atom. The first-order valence-corrected chi connectivity index (χ1v) is 13.1. The van der Waals surface area contributed by atoms with Crippen LogP contribution in [0.4, 0.5) is 0 Å². The van der Waals surface area contributed by atoms with Crippen molar-refractivity contribution in [3.8, 4) is 0 Å². The lowest BCUT2D eigenvalue weighted by Crippen LogP contribution is -2.79. The van der Waals surface area contributed by atoms with Crippen molar-refractivity contribution in [1.82, 2.24) is 0 Å². The van der Waals surface area contributed by atoms with Crippen molar-refractivity contribution in [1.29, 1.82) is 0 Å². The van der Waals surface area contributed by atoms with E-state index >= 15 is 0 Å². The number of aliphatic hydroxyl groups is 3. The van der Waals surface area contributed by atoms with E-state index in [-0.39, 0.29) is 19.4 Å². The monoisotopic (exact) mass is 528 g/mol. The Bertz CT molecular complexity index is 1190. The van der Waals surface area contributed by atoms with Crippen LogP contribution in [0.3, 0.4) is 0 Å². The maximum absolute atomic E-state index is 14.3. The lowest BCUT2D eigenvalue weighted by molar-refractivity contribution is -0.335. The molecule has 2 bridgehead atoms. The van der Waals surface area contributed by atoms with Crippen LogP contribution in [0.5, 0.6) is 0 Å². The van der Waals surface area contributed by atoms with Gasteiger partial charge in [-0.05, 0) is 49.0 Å². The zero-order valence-electron chi connectivity index (χ0n) is 22.3. The molecule has 3 aliphatic carbocycles. The molecule has 9 nitrogen and oxygen atoms in total. The fourth-order valence-corrected chi connectivity index (χ4v) is 7.73. The van der Waals surface area contributed by atoms with E-state index in [2.05, 4.69) is 0 Å². The molecular formula is C29H36O9. The van der Waals surface area contributed by atoms with Crippen LogP contribution >= 0.6 is 0 Å². The summed E-state index contributed by atoms with van der Waals surface area (Å²) in [6.45, 7) is 8.17. The van der Waals surface area contributed by atoms with E-state index in [1.54, 1.807) is 44.2 Å². The van der Waals surface area contributed by atoms with Crippen LogP contribution in [0.1, 0.15) is 57.8 Å². The molecule has 0 spiro atoms. The van der Waals surface area contributed by atoms with E-state index in [0.717, 1.165) is 0 Å². The van der Waals surface area contributed by atoms with Gasteiger partial charge in [0.05, 0.1) is 35.7 Å². The third-order valence-electron chi connectivity index (χ3n) is 9.74. The molecule has 3 fully saturated rings. The molecule has 0 amide bonds. The summed E-state index contributed by atoms with van der Waals surface area (Å²) in [5, 5.41) is 34.1. The number of ketones is 1. The second-order valence-electron chi connectivity index (χ2n) is 12.0. The average Bonchev–Trinajstić information content (AvgIpc) is 2.85. The van der Waals surface area contributed by atoms with Gasteiger partial charge in [-0.1, -0.05) is 32.0 Å². The summed E-state index contributed by atoms with van der Waals surface area (Å²) in [6, 6.07) is 8.41. The van der Waals surface area contributed by atoms with Gasteiger partial charge in [-0.2, -0.15) is 0 Å².